The van der Waals surface area contributed by atoms with Gasteiger partial charge in [-0.25, -0.2) is 0 Å². The van der Waals surface area contributed by atoms with Gasteiger partial charge in [0.2, 0.25) is 0 Å². The zero-order valence-corrected chi connectivity index (χ0v) is 25.6. The summed E-state index contributed by atoms with van der Waals surface area (Å²) in [6.07, 6.45) is 20.9. The second kappa shape index (κ2) is 14.6. The Bertz CT molecular complexity index is 1490. The summed E-state index contributed by atoms with van der Waals surface area (Å²) < 4.78 is 6.23. The Morgan fingerprint density at radius 2 is 1.37 bits per heavy atom. The summed E-state index contributed by atoms with van der Waals surface area (Å²) in [5, 5.41) is 19.1. The van der Waals surface area contributed by atoms with Crippen LogP contribution in [0.4, 0.5) is 11.4 Å². The van der Waals surface area contributed by atoms with Crippen molar-refractivity contribution in [2.45, 2.75) is 65.2 Å². The van der Waals surface area contributed by atoms with E-state index >= 15 is 0 Å². The van der Waals surface area contributed by atoms with Gasteiger partial charge in [0.05, 0.1) is 0 Å². The predicted molar refractivity (Wildman–Crippen MR) is 177 cm³/mol. The van der Waals surface area contributed by atoms with E-state index in [1.165, 1.54) is 61.0 Å². The van der Waals surface area contributed by atoms with E-state index in [1.54, 1.807) is 12.2 Å². The Morgan fingerprint density at radius 1 is 0.814 bits per heavy atom. The van der Waals surface area contributed by atoms with Gasteiger partial charge >= 0.3 is 0 Å². The topological polar surface area (TPSA) is 63.3 Å². The number of hydrogen-bond donors (Lipinski definition) is 0. The van der Waals surface area contributed by atoms with Gasteiger partial charge in [0, 0.05) is 43.1 Å². The van der Waals surface area contributed by atoms with Gasteiger partial charge < -0.3 is 14.5 Å². The van der Waals surface area contributed by atoms with Crippen LogP contribution in [0, 0.1) is 22.7 Å². The average molecular weight is 571 g/mol. The van der Waals surface area contributed by atoms with Gasteiger partial charge in [0.1, 0.15) is 29.2 Å². The van der Waals surface area contributed by atoms with E-state index in [4.69, 9.17) is 4.74 Å². The predicted octanol–water partition coefficient (Wildman–Crippen LogP) is 8.66. The molecular weight excluding hydrogens is 528 g/mol. The first kappa shape index (κ1) is 30.0. The van der Waals surface area contributed by atoms with E-state index in [2.05, 4.69) is 66.1 Å². The highest BCUT2D eigenvalue weighted by Gasteiger charge is 2.24. The van der Waals surface area contributed by atoms with E-state index in [9.17, 15) is 10.5 Å². The molecule has 0 saturated carbocycles. The molecule has 2 aromatic rings. The molecule has 5 heteroatoms. The third kappa shape index (κ3) is 7.49. The highest BCUT2D eigenvalue weighted by Crippen LogP contribution is 2.36. The van der Waals surface area contributed by atoms with Gasteiger partial charge in [-0.2, -0.15) is 10.5 Å². The van der Waals surface area contributed by atoms with Crippen molar-refractivity contribution in [1.82, 2.24) is 0 Å². The fourth-order valence-electron chi connectivity index (χ4n) is 6.15. The van der Waals surface area contributed by atoms with Gasteiger partial charge in [-0.15, -0.1) is 0 Å². The maximum Gasteiger partial charge on any atom is 0.137 e. The van der Waals surface area contributed by atoms with E-state index in [-0.39, 0.29) is 5.57 Å². The monoisotopic (exact) mass is 570 g/mol. The van der Waals surface area contributed by atoms with Crippen LogP contribution in [0.5, 0.6) is 0 Å². The van der Waals surface area contributed by atoms with Crippen molar-refractivity contribution in [1.29, 1.82) is 10.5 Å². The molecule has 5 nitrogen and oxygen atoms in total. The molecule has 3 aliphatic rings. The smallest absolute Gasteiger partial charge is 0.137 e. The van der Waals surface area contributed by atoms with Crippen molar-refractivity contribution in [2.75, 3.05) is 36.0 Å². The molecular formula is C38H42N4O. The number of rotatable bonds is 11. The maximum atomic E-state index is 9.57. The molecule has 0 radical (unpaired) electrons. The second-order valence-electron chi connectivity index (χ2n) is 11.6. The van der Waals surface area contributed by atoms with E-state index in [0.717, 1.165) is 50.1 Å². The van der Waals surface area contributed by atoms with Gasteiger partial charge in [0.25, 0.3) is 0 Å². The number of nitrogens with zero attached hydrogens (tertiary/aromatic N) is 4. The van der Waals surface area contributed by atoms with Crippen LogP contribution in [-0.4, -0.2) is 26.2 Å². The fourth-order valence-corrected chi connectivity index (χ4v) is 6.15. The molecule has 0 saturated heterocycles. The van der Waals surface area contributed by atoms with Crippen molar-refractivity contribution in [3.63, 3.8) is 0 Å². The van der Waals surface area contributed by atoms with Crippen LogP contribution in [0.3, 0.4) is 0 Å². The molecule has 220 valence electrons. The minimum Gasteiger partial charge on any atom is -0.457 e. The Hall–Kier alpha value is -4.48. The van der Waals surface area contributed by atoms with E-state index in [1.807, 2.05) is 30.4 Å². The molecule has 5 rings (SSSR count). The summed E-state index contributed by atoms with van der Waals surface area (Å²) in [7, 11) is 0. The second-order valence-corrected chi connectivity index (χ2v) is 11.6. The van der Waals surface area contributed by atoms with E-state index < -0.39 is 0 Å². The summed E-state index contributed by atoms with van der Waals surface area (Å²) in [6.45, 7) is 8.95. The fraction of sp³-hybridized carbons (Fsp3) is 0.368. The summed E-state index contributed by atoms with van der Waals surface area (Å²) in [5.74, 6) is 1.19. The third-order valence-corrected chi connectivity index (χ3v) is 8.40. The van der Waals surface area contributed by atoms with Crippen molar-refractivity contribution in [3.8, 4) is 12.1 Å². The summed E-state index contributed by atoms with van der Waals surface area (Å²) in [6, 6.07) is 17.3. The van der Waals surface area contributed by atoms with Crippen molar-refractivity contribution in [3.05, 3.63) is 106 Å². The van der Waals surface area contributed by atoms with Crippen LogP contribution in [0.15, 0.2) is 83.4 Å². The van der Waals surface area contributed by atoms with Gasteiger partial charge in [0.15, 0.2) is 0 Å². The number of hydrogen-bond acceptors (Lipinski definition) is 5. The average Bonchev–Trinajstić information content (AvgIpc) is 3.04. The lowest BCUT2D eigenvalue weighted by atomic mass is 9.90. The lowest BCUT2D eigenvalue weighted by Gasteiger charge is -2.37. The zero-order chi connectivity index (χ0) is 30.0. The molecule has 43 heavy (non-hydrogen) atoms. The molecule has 0 fully saturated rings. The van der Waals surface area contributed by atoms with Crippen molar-refractivity contribution < 1.29 is 4.74 Å². The van der Waals surface area contributed by atoms with Crippen LogP contribution in [0.1, 0.15) is 74.6 Å². The summed E-state index contributed by atoms with van der Waals surface area (Å²) in [4.78, 5) is 5.03. The quantitative estimate of drug-likeness (QED) is 0.253. The van der Waals surface area contributed by atoms with Gasteiger partial charge in [-0.1, -0.05) is 51.0 Å². The lowest BCUT2D eigenvalue weighted by molar-refractivity contribution is 0.332. The Kier molecular flexibility index (Phi) is 10.2. The Morgan fingerprint density at radius 3 is 1.91 bits per heavy atom. The third-order valence-electron chi connectivity index (χ3n) is 8.40. The van der Waals surface area contributed by atoms with Crippen molar-refractivity contribution in [2.24, 2.45) is 0 Å². The first-order valence-corrected chi connectivity index (χ1v) is 15.9. The number of allylic oxidation sites excluding steroid dienone is 6. The van der Waals surface area contributed by atoms with Crippen LogP contribution in [-0.2, 0) is 17.6 Å². The molecule has 0 amide bonds. The maximum absolute atomic E-state index is 9.57. The standard InChI is InChI=1S/C38H42N4O/c1-3-5-19-41(20-6-4-2)35-15-11-29(12-16-35)13-17-36-25-33(34(27-39)28-40)26-37(43-36)18-14-30-23-31-9-7-21-42-22-8-10-32(24-30)38(31)42/h11-18,23-26H,3-10,19-22H2,1-2H3/b17-13+,18-14+. The number of aryl methyl sites for hydroxylation is 2. The molecule has 0 atom stereocenters. The molecule has 0 bridgehead atoms. The molecule has 0 N–H and O–H groups in total. The minimum atomic E-state index is 0.0713. The molecule has 3 aliphatic heterocycles. The van der Waals surface area contributed by atoms with Crippen LogP contribution < -0.4 is 9.80 Å². The SMILES string of the molecule is CCCCN(CCCC)c1ccc(/C=C/C2=CC(=C(C#N)C#N)C=C(/C=C/c3cc4c5c(c3)CCCN5CCC4)O2)cc1. The zero-order valence-electron chi connectivity index (χ0n) is 25.6. The van der Waals surface area contributed by atoms with Crippen LogP contribution in [0.25, 0.3) is 12.2 Å². The highest BCUT2D eigenvalue weighted by atomic mass is 16.5. The van der Waals surface area contributed by atoms with E-state index in [0.29, 0.717) is 17.1 Å². The minimum absolute atomic E-state index is 0.0713. The van der Waals surface area contributed by atoms with Crippen LogP contribution in [0.2, 0.25) is 0 Å². The molecule has 0 spiro atoms. The molecule has 2 aromatic carbocycles. The van der Waals surface area contributed by atoms with Crippen LogP contribution >= 0.6 is 0 Å². The number of anilines is 2. The normalized spacial score (nSPS) is 15.8. The first-order valence-electron chi connectivity index (χ1n) is 15.9. The summed E-state index contributed by atoms with van der Waals surface area (Å²) in [5.41, 5.74) is 8.44. The molecule has 0 aliphatic carbocycles. The largest absolute Gasteiger partial charge is 0.457 e. The Labute approximate surface area is 257 Å². The Balaban J connectivity index is 1.34. The first-order chi connectivity index (χ1) is 21.1. The molecule has 3 heterocycles. The highest BCUT2D eigenvalue weighted by molar-refractivity contribution is 5.69. The lowest BCUT2D eigenvalue weighted by Crippen LogP contribution is -2.34. The van der Waals surface area contributed by atoms with Crippen molar-refractivity contribution >= 4 is 23.5 Å². The number of nitriles is 2. The molecule has 0 aromatic heterocycles. The number of unbranched alkanes of at least 4 members (excludes halogenated alkanes) is 2. The summed E-state index contributed by atoms with van der Waals surface area (Å²) >= 11 is 0. The number of benzene rings is 2. The molecule has 0 unspecified atom stereocenters. The number of ether oxygens (including phenoxy) is 1. The van der Waals surface area contributed by atoms with Gasteiger partial charge in [-0.3, -0.25) is 0 Å². The van der Waals surface area contributed by atoms with Gasteiger partial charge in [-0.05, 0) is 109 Å².